The fraction of sp³-hybridized carbons (Fsp3) is 0.111. The number of carbonyl (C=O) groups excluding carboxylic acids is 2. The van der Waals surface area contributed by atoms with E-state index in [2.05, 4.69) is 0 Å². The van der Waals surface area contributed by atoms with Gasteiger partial charge in [0, 0.05) is 5.69 Å². The molecule has 5 nitrogen and oxygen atoms in total. The minimum absolute atomic E-state index is 0.163. The zero-order chi connectivity index (χ0) is 11.1. The minimum atomic E-state index is -0.984. The van der Waals surface area contributed by atoms with Gasteiger partial charge in [-0.25, -0.2) is 4.79 Å². The number of anilines is 1. The van der Waals surface area contributed by atoms with Crippen molar-refractivity contribution in [3.05, 3.63) is 29.3 Å². The van der Waals surface area contributed by atoms with Crippen LogP contribution in [0.2, 0.25) is 0 Å². The van der Waals surface area contributed by atoms with Gasteiger partial charge in [0.15, 0.2) is 0 Å². The van der Waals surface area contributed by atoms with Crippen LogP contribution in [0.1, 0.15) is 15.9 Å². The van der Waals surface area contributed by atoms with Crippen molar-refractivity contribution in [3.63, 3.8) is 0 Å². The molecule has 1 aromatic carbocycles. The third-order valence-electron chi connectivity index (χ3n) is 1.44. The van der Waals surface area contributed by atoms with Gasteiger partial charge in [-0.15, -0.1) is 0 Å². The van der Waals surface area contributed by atoms with E-state index < -0.39 is 5.97 Å². The molecule has 5 heteroatoms. The number of benzene rings is 1. The lowest BCUT2D eigenvalue weighted by Gasteiger charge is -2.00. The number of aromatic carboxylic acids is 1. The van der Waals surface area contributed by atoms with E-state index >= 15 is 0 Å². The molecule has 0 bridgehead atoms. The van der Waals surface area contributed by atoms with Gasteiger partial charge in [-0.05, 0) is 24.6 Å². The van der Waals surface area contributed by atoms with Gasteiger partial charge >= 0.3 is 12.1 Å². The van der Waals surface area contributed by atoms with Crippen molar-refractivity contribution in [2.45, 2.75) is 6.92 Å². The number of carboxylic acid groups (broad SMARTS) is 1. The predicted molar refractivity (Wildman–Crippen MR) is 47.6 cm³/mol. The number of carboxylic acids is 1. The van der Waals surface area contributed by atoms with Gasteiger partial charge in [-0.2, -0.15) is 9.59 Å². The molecule has 0 spiro atoms. The lowest BCUT2D eigenvalue weighted by molar-refractivity contribution is -0.191. The Morgan fingerprint density at radius 2 is 1.93 bits per heavy atom. The van der Waals surface area contributed by atoms with Crippen LogP contribution in [0.4, 0.5) is 5.69 Å². The zero-order valence-corrected chi connectivity index (χ0v) is 7.48. The summed E-state index contributed by atoms with van der Waals surface area (Å²) in [6, 6.07) is 4.87. The summed E-state index contributed by atoms with van der Waals surface area (Å²) in [7, 11) is 0. The molecule has 0 atom stereocenters. The first kappa shape index (κ1) is 11.9. The Morgan fingerprint density at radius 1 is 1.43 bits per heavy atom. The normalized spacial score (nSPS) is 8.07. The van der Waals surface area contributed by atoms with Crippen LogP contribution >= 0.6 is 0 Å². The lowest BCUT2D eigenvalue weighted by atomic mass is 10.1. The van der Waals surface area contributed by atoms with Gasteiger partial charge in [-0.3, -0.25) is 0 Å². The molecule has 1 aromatic rings. The number of nitrogens with two attached hydrogens (primary N) is 1. The highest BCUT2D eigenvalue weighted by Crippen LogP contribution is 2.12. The summed E-state index contributed by atoms with van der Waals surface area (Å²) in [6.07, 6.45) is 0.250. The van der Waals surface area contributed by atoms with Gasteiger partial charge in [0.2, 0.25) is 0 Å². The molecule has 3 N–H and O–H groups in total. The van der Waals surface area contributed by atoms with Crippen molar-refractivity contribution in [2.24, 2.45) is 0 Å². The molecular weight excluding hydrogens is 186 g/mol. The van der Waals surface area contributed by atoms with E-state index in [1.165, 1.54) is 6.07 Å². The monoisotopic (exact) mass is 195 g/mol. The van der Waals surface area contributed by atoms with E-state index in [-0.39, 0.29) is 11.7 Å². The molecule has 0 saturated heterocycles. The van der Waals surface area contributed by atoms with Gasteiger partial charge < -0.3 is 10.8 Å². The third kappa shape index (κ3) is 3.51. The van der Waals surface area contributed by atoms with E-state index in [0.717, 1.165) is 5.56 Å². The van der Waals surface area contributed by atoms with Crippen LogP contribution in [0.25, 0.3) is 0 Å². The van der Waals surface area contributed by atoms with Gasteiger partial charge in [-0.1, -0.05) is 6.07 Å². The second-order valence-corrected chi connectivity index (χ2v) is 2.48. The second kappa shape index (κ2) is 5.50. The summed E-state index contributed by atoms with van der Waals surface area (Å²) >= 11 is 0. The number of carbonyl (C=O) groups is 1. The van der Waals surface area contributed by atoms with Crippen LogP contribution < -0.4 is 5.73 Å². The van der Waals surface area contributed by atoms with Crippen LogP contribution in [-0.4, -0.2) is 17.2 Å². The number of aryl methyl sites for hydroxylation is 1. The average Bonchev–Trinajstić information content (AvgIpc) is 2.04. The summed E-state index contributed by atoms with van der Waals surface area (Å²) < 4.78 is 0. The average molecular weight is 195 g/mol. The maximum absolute atomic E-state index is 10.5. The zero-order valence-electron chi connectivity index (χ0n) is 7.48. The fourth-order valence-corrected chi connectivity index (χ4v) is 0.877. The van der Waals surface area contributed by atoms with Crippen LogP contribution in [-0.2, 0) is 9.59 Å². The Balaban J connectivity index is 0.000000500. The van der Waals surface area contributed by atoms with Crippen molar-refractivity contribution in [1.82, 2.24) is 0 Å². The lowest BCUT2D eigenvalue weighted by Crippen LogP contribution is -2.01. The van der Waals surface area contributed by atoms with Crippen molar-refractivity contribution in [1.29, 1.82) is 0 Å². The largest absolute Gasteiger partial charge is 0.478 e. The summed E-state index contributed by atoms with van der Waals surface area (Å²) in [5.41, 5.74) is 6.89. The molecule has 0 aliphatic heterocycles. The molecule has 14 heavy (non-hydrogen) atoms. The van der Waals surface area contributed by atoms with Gasteiger partial charge in [0.05, 0.1) is 5.56 Å². The molecule has 1 rings (SSSR count). The van der Waals surface area contributed by atoms with Crippen LogP contribution in [0, 0.1) is 6.92 Å². The molecule has 0 unspecified atom stereocenters. The van der Waals surface area contributed by atoms with E-state index in [1.807, 2.05) is 6.92 Å². The highest BCUT2D eigenvalue weighted by atomic mass is 16.4. The first-order valence-electron chi connectivity index (χ1n) is 3.61. The quantitative estimate of drug-likeness (QED) is 0.642. The van der Waals surface area contributed by atoms with Crippen LogP contribution in [0.3, 0.4) is 0 Å². The standard InChI is InChI=1S/C8H9NO2.CO2/c1-5-2-3-6(8(10)11)7(9)4-5;2-1-3/h2-4H,9H2,1H3,(H,10,11);. The SMILES string of the molecule is Cc1ccc(C(=O)O)c(N)c1.O=C=O. The number of rotatable bonds is 1. The third-order valence-corrected chi connectivity index (χ3v) is 1.44. The van der Waals surface area contributed by atoms with Gasteiger partial charge in [0.25, 0.3) is 0 Å². The molecule has 0 amide bonds. The minimum Gasteiger partial charge on any atom is -0.478 e. The van der Waals surface area contributed by atoms with Crippen LogP contribution in [0.5, 0.6) is 0 Å². The van der Waals surface area contributed by atoms with Crippen molar-refractivity contribution in [3.8, 4) is 0 Å². The highest BCUT2D eigenvalue weighted by Gasteiger charge is 2.05. The Bertz CT molecular complexity index is 367. The smallest absolute Gasteiger partial charge is 0.373 e. The fourth-order valence-electron chi connectivity index (χ4n) is 0.877. The number of hydrogen-bond donors (Lipinski definition) is 2. The predicted octanol–water partition coefficient (Wildman–Crippen LogP) is 0.692. The summed E-state index contributed by atoms with van der Waals surface area (Å²) in [4.78, 5) is 26.7. The topological polar surface area (TPSA) is 97.5 Å². The Hall–Kier alpha value is -2.13. The molecule has 74 valence electrons. The molecule has 0 fully saturated rings. The van der Waals surface area contributed by atoms with E-state index in [9.17, 15) is 4.79 Å². The van der Waals surface area contributed by atoms with Crippen molar-refractivity contribution in [2.75, 3.05) is 5.73 Å². The molecular formula is C9H9NO4. The summed E-state index contributed by atoms with van der Waals surface area (Å²) in [6.45, 7) is 1.86. The molecule has 0 saturated carbocycles. The Kier molecular flexibility index (Phi) is 4.67. The second-order valence-electron chi connectivity index (χ2n) is 2.48. The van der Waals surface area contributed by atoms with E-state index in [0.29, 0.717) is 5.69 Å². The number of nitrogen functional groups attached to an aromatic ring is 1. The van der Waals surface area contributed by atoms with Crippen molar-refractivity contribution < 1.29 is 19.5 Å². The molecule has 0 aliphatic carbocycles. The Morgan fingerprint density at radius 3 is 2.29 bits per heavy atom. The molecule has 0 aromatic heterocycles. The van der Waals surface area contributed by atoms with Gasteiger partial charge in [0.1, 0.15) is 0 Å². The molecule has 0 heterocycles. The molecule has 0 aliphatic rings. The van der Waals surface area contributed by atoms with E-state index in [4.69, 9.17) is 20.4 Å². The maximum Gasteiger partial charge on any atom is 0.373 e. The van der Waals surface area contributed by atoms with Crippen molar-refractivity contribution >= 4 is 17.8 Å². The maximum atomic E-state index is 10.5. The summed E-state index contributed by atoms with van der Waals surface area (Å²) in [5.74, 6) is -0.984. The summed E-state index contributed by atoms with van der Waals surface area (Å²) in [5, 5.41) is 8.58. The molecule has 0 radical (unpaired) electrons. The van der Waals surface area contributed by atoms with Crippen LogP contribution in [0.15, 0.2) is 18.2 Å². The van der Waals surface area contributed by atoms with E-state index in [1.54, 1.807) is 12.1 Å². The number of hydrogen-bond acceptors (Lipinski definition) is 4. The Labute approximate surface area is 80.2 Å². The first-order chi connectivity index (χ1) is 6.52. The first-order valence-corrected chi connectivity index (χ1v) is 3.61. The highest BCUT2D eigenvalue weighted by molar-refractivity contribution is 5.93.